The highest BCUT2D eigenvalue weighted by Gasteiger charge is 2.23. The third kappa shape index (κ3) is 6.19. The summed E-state index contributed by atoms with van der Waals surface area (Å²) in [6.07, 6.45) is 7.72. The van der Waals surface area contributed by atoms with Gasteiger partial charge in [-0.2, -0.15) is 0 Å². The molecule has 0 aliphatic heterocycles. The number of hydrogen-bond acceptors (Lipinski definition) is 4. The van der Waals surface area contributed by atoms with Gasteiger partial charge in [0.05, 0.1) is 5.56 Å². The Bertz CT molecular complexity index is 830. The molecular weight excluding hydrogens is 376 g/mol. The van der Waals surface area contributed by atoms with Gasteiger partial charge in [0.25, 0.3) is 0 Å². The quantitative estimate of drug-likeness (QED) is 0.385. The second kappa shape index (κ2) is 10.4. The summed E-state index contributed by atoms with van der Waals surface area (Å²) in [6, 6.07) is 14.3. The van der Waals surface area contributed by atoms with E-state index in [-0.39, 0.29) is 11.9 Å². The van der Waals surface area contributed by atoms with Crippen LogP contribution < -0.4 is 9.47 Å². The maximum atomic E-state index is 12.4. The lowest BCUT2D eigenvalue weighted by atomic mass is 9.75. The summed E-state index contributed by atoms with van der Waals surface area (Å²) in [4.78, 5) is 23.4. The zero-order chi connectivity index (χ0) is 21.5. The van der Waals surface area contributed by atoms with Crippen LogP contribution in [0, 0.1) is 11.8 Å². The van der Waals surface area contributed by atoms with Crippen LogP contribution in [0.25, 0.3) is 0 Å². The molecule has 1 aliphatic rings. The van der Waals surface area contributed by atoms with E-state index >= 15 is 0 Å². The van der Waals surface area contributed by atoms with E-state index in [4.69, 9.17) is 9.47 Å². The van der Waals surface area contributed by atoms with Crippen LogP contribution in [0.15, 0.2) is 48.5 Å². The van der Waals surface area contributed by atoms with Crippen LogP contribution >= 0.6 is 0 Å². The zero-order valence-corrected chi connectivity index (χ0v) is 18.2. The fraction of sp³-hybridized carbons (Fsp3) is 0.462. The first-order valence-corrected chi connectivity index (χ1v) is 11.0. The Balaban J connectivity index is 1.53. The molecule has 2 aromatic rings. The van der Waals surface area contributed by atoms with Gasteiger partial charge in [0.1, 0.15) is 11.5 Å². The van der Waals surface area contributed by atoms with Crippen LogP contribution in [-0.4, -0.2) is 11.9 Å². The van der Waals surface area contributed by atoms with Crippen molar-refractivity contribution >= 4 is 11.9 Å². The van der Waals surface area contributed by atoms with E-state index in [1.807, 2.05) is 12.1 Å². The fourth-order valence-corrected chi connectivity index (χ4v) is 4.27. The SMILES string of the molecule is CCC(C)CC1CCC(c2ccc(C(=O)Oc3ccc(OC(C)=O)cc3)cc2)CC1. The first kappa shape index (κ1) is 22.1. The van der Waals surface area contributed by atoms with Gasteiger partial charge in [0.15, 0.2) is 0 Å². The van der Waals surface area contributed by atoms with Gasteiger partial charge in [0.2, 0.25) is 0 Å². The van der Waals surface area contributed by atoms with E-state index in [0.29, 0.717) is 23.0 Å². The van der Waals surface area contributed by atoms with Gasteiger partial charge in [-0.1, -0.05) is 32.4 Å². The average molecular weight is 409 g/mol. The Hall–Kier alpha value is -2.62. The molecule has 0 spiro atoms. The lowest BCUT2D eigenvalue weighted by Gasteiger charge is -2.30. The highest BCUT2D eigenvalue weighted by Crippen LogP contribution is 2.38. The molecule has 1 atom stereocenters. The van der Waals surface area contributed by atoms with Crippen LogP contribution in [0.5, 0.6) is 11.5 Å². The number of rotatable bonds is 7. The highest BCUT2D eigenvalue weighted by atomic mass is 16.5. The van der Waals surface area contributed by atoms with Gasteiger partial charge in [0, 0.05) is 6.92 Å². The second-order valence-corrected chi connectivity index (χ2v) is 8.54. The molecule has 1 aliphatic carbocycles. The van der Waals surface area contributed by atoms with Gasteiger partial charge < -0.3 is 9.47 Å². The summed E-state index contributed by atoms with van der Waals surface area (Å²) in [6.45, 7) is 5.98. The van der Waals surface area contributed by atoms with Crippen molar-refractivity contribution in [2.45, 2.75) is 65.2 Å². The smallest absolute Gasteiger partial charge is 0.343 e. The molecule has 1 saturated carbocycles. The normalized spacial score (nSPS) is 19.7. The average Bonchev–Trinajstić information content (AvgIpc) is 2.75. The Kier molecular flexibility index (Phi) is 7.67. The number of hydrogen-bond donors (Lipinski definition) is 0. The molecule has 0 bridgehead atoms. The van der Waals surface area contributed by atoms with Crippen molar-refractivity contribution in [3.63, 3.8) is 0 Å². The number of esters is 2. The Morgan fingerprint density at radius 2 is 1.47 bits per heavy atom. The van der Waals surface area contributed by atoms with E-state index in [1.54, 1.807) is 24.3 Å². The monoisotopic (exact) mass is 408 g/mol. The van der Waals surface area contributed by atoms with E-state index in [9.17, 15) is 9.59 Å². The van der Waals surface area contributed by atoms with Crippen LogP contribution in [0.1, 0.15) is 81.1 Å². The van der Waals surface area contributed by atoms with Crippen LogP contribution in [0.3, 0.4) is 0 Å². The Labute approximate surface area is 179 Å². The molecule has 0 aromatic heterocycles. The molecule has 1 fully saturated rings. The summed E-state index contributed by atoms with van der Waals surface area (Å²) in [5.74, 6) is 2.36. The van der Waals surface area contributed by atoms with E-state index in [1.165, 1.54) is 51.0 Å². The standard InChI is InChI=1S/C26H32O4/c1-4-18(2)17-20-5-7-21(8-6-20)22-9-11-23(12-10-22)26(28)30-25-15-13-24(14-16-25)29-19(3)27/h9-16,18,20-21H,4-8,17H2,1-3H3. The topological polar surface area (TPSA) is 52.6 Å². The maximum Gasteiger partial charge on any atom is 0.343 e. The summed E-state index contributed by atoms with van der Waals surface area (Å²) in [5, 5.41) is 0. The number of carbonyl (C=O) groups excluding carboxylic acids is 2. The summed E-state index contributed by atoms with van der Waals surface area (Å²) in [5.41, 5.74) is 1.85. The molecule has 1 unspecified atom stereocenters. The Morgan fingerprint density at radius 3 is 2.00 bits per heavy atom. The molecular formula is C26H32O4. The van der Waals surface area contributed by atoms with Crippen molar-refractivity contribution in [1.29, 1.82) is 0 Å². The number of carbonyl (C=O) groups is 2. The molecule has 3 rings (SSSR count). The molecule has 0 radical (unpaired) electrons. The summed E-state index contributed by atoms with van der Waals surface area (Å²) >= 11 is 0. The van der Waals surface area contributed by atoms with E-state index in [0.717, 1.165) is 11.8 Å². The minimum absolute atomic E-state index is 0.385. The molecule has 30 heavy (non-hydrogen) atoms. The minimum Gasteiger partial charge on any atom is -0.427 e. The van der Waals surface area contributed by atoms with Crippen LogP contribution in [0.4, 0.5) is 0 Å². The maximum absolute atomic E-state index is 12.4. The largest absolute Gasteiger partial charge is 0.427 e. The van der Waals surface area contributed by atoms with Crippen molar-refractivity contribution in [2.24, 2.45) is 11.8 Å². The molecule has 0 heterocycles. The fourth-order valence-electron chi connectivity index (χ4n) is 4.27. The van der Waals surface area contributed by atoms with Crippen molar-refractivity contribution in [1.82, 2.24) is 0 Å². The predicted molar refractivity (Wildman–Crippen MR) is 118 cm³/mol. The lowest BCUT2D eigenvalue weighted by molar-refractivity contribution is -0.131. The zero-order valence-electron chi connectivity index (χ0n) is 18.2. The van der Waals surface area contributed by atoms with Gasteiger partial charge in [-0.15, -0.1) is 0 Å². The van der Waals surface area contributed by atoms with Crippen molar-refractivity contribution in [3.05, 3.63) is 59.7 Å². The molecule has 4 nitrogen and oxygen atoms in total. The third-order valence-corrected chi connectivity index (χ3v) is 6.19. The Morgan fingerprint density at radius 1 is 0.900 bits per heavy atom. The second-order valence-electron chi connectivity index (χ2n) is 8.54. The number of ether oxygens (including phenoxy) is 2. The predicted octanol–water partition coefficient (Wildman–Crippen LogP) is 6.54. The van der Waals surface area contributed by atoms with E-state index in [2.05, 4.69) is 26.0 Å². The van der Waals surface area contributed by atoms with Gasteiger partial charge in [-0.25, -0.2) is 4.79 Å². The van der Waals surface area contributed by atoms with Crippen molar-refractivity contribution < 1.29 is 19.1 Å². The van der Waals surface area contributed by atoms with Gasteiger partial charge in [-0.3, -0.25) is 4.79 Å². The molecule has 0 saturated heterocycles. The molecule has 0 N–H and O–H groups in total. The van der Waals surface area contributed by atoms with Crippen molar-refractivity contribution in [2.75, 3.05) is 0 Å². The molecule has 2 aromatic carbocycles. The molecule has 0 amide bonds. The first-order valence-electron chi connectivity index (χ1n) is 11.0. The van der Waals surface area contributed by atoms with Gasteiger partial charge in [-0.05, 0) is 91.8 Å². The third-order valence-electron chi connectivity index (χ3n) is 6.19. The van der Waals surface area contributed by atoms with Crippen molar-refractivity contribution in [3.8, 4) is 11.5 Å². The minimum atomic E-state index is -0.390. The van der Waals surface area contributed by atoms with E-state index < -0.39 is 0 Å². The number of benzene rings is 2. The first-order chi connectivity index (χ1) is 14.4. The summed E-state index contributed by atoms with van der Waals surface area (Å²) < 4.78 is 10.4. The highest BCUT2D eigenvalue weighted by molar-refractivity contribution is 5.91. The van der Waals surface area contributed by atoms with Crippen LogP contribution in [-0.2, 0) is 4.79 Å². The van der Waals surface area contributed by atoms with Gasteiger partial charge >= 0.3 is 11.9 Å². The molecule has 160 valence electrons. The molecule has 4 heteroatoms. The van der Waals surface area contributed by atoms with Crippen LogP contribution in [0.2, 0.25) is 0 Å². The summed E-state index contributed by atoms with van der Waals surface area (Å²) in [7, 11) is 0. The lowest BCUT2D eigenvalue weighted by Crippen LogP contribution is -2.16.